The lowest BCUT2D eigenvalue weighted by molar-refractivity contribution is -0.126. The second kappa shape index (κ2) is 10.7. The van der Waals surface area contributed by atoms with Crippen LogP contribution in [-0.2, 0) is 13.9 Å². The minimum absolute atomic E-state index is 0.0631. The summed E-state index contributed by atoms with van der Waals surface area (Å²) >= 11 is 0. The zero-order valence-corrected chi connectivity index (χ0v) is 17.3. The van der Waals surface area contributed by atoms with Crippen LogP contribution in [0, 0.1) is 0 Å². The van der Waals surface area contributed by atoms with Crippen molar-refractivity contribution in [3.63, 3.8) is 0 Å². The third-order valence-electron chi connectivity index (χ3n) is 4.91. The number of unbranched alkanes of at least 4 members (excludes halogenated alkanes) is 2. The molecule has 0 aromatic rings. The maximum Gasteiger partial charge on any atom is 0.469 e. The Hall–Kier alpha value is -1.84. The molecular formula is C15H27N4O11P. The third-order valence-corrected chi connectivity index (χ3v) is 5.43. The predicted octanol–water partition coefficient (Wildman–Crippen LogP) is -3.39. The predicted molar refractivity (Wildman–Crippen MR) is 100 cm³/mol. The van der Waals surface area contributed by atoms with Gasteiger partial charge in [0.15, 0.2) is 6.04 Å². The molecule has 0 saturated carbocycles. The van der Waals surface area contributed by atoms with E-state index in [-0.39, 0.29) is 19.6 Å². The van der Waals surface area contributed by atoms with Gasteiger partial charge >= 0.3 is 19.9 Å². The number of rotatable bonds is 12. The molecular weight excluding hydrogens is 443 g/mol. The third kappa shape index (κ3) is 6.57. The normalized spacial score (nSPS) is 24.5. The van der Waals surface area contributed by atoms with Gasteiger partial charge in [-0.1, -0.05) is 0 Å². The van der Waals surface area contributed by atoms with Crippen LogP contribution in [0.3, 0.4) is 0 Å². The minimum Gasteiger partial charge on any atom is -0.394 e. The zero-order valence-electron chi connectivity index (χ0n) is 16.4. The van der Waals surface area contributed by atoms with E-state index < -0.39 is 69.5 Å². The fraction of sp³-hybridized carbons (Fsp3) is 0.800. The summed E-state index contributed by atoms with van der Waals surface area (Å²) in [4.78, 5) is 56.3. The van der Waals surface area contributed by atoms with E-state index in [1.54, 1.807) is 0 Å². The lowest BCUT2D eigenvalue weighted by Crippen LogP contribution is -2.65. The number of phosphoric acid groups is 1. The summed E-state index contributed by atoms with van der Waals surface area (Å²) in [6.07, 6.45) is -5.16. The summed E-state index contributed by atoms with van der Waals surface area (Å²) in [6, 6.07) is -2.65. The lowest BCUT2D eigenvalue weighted by Gasteiger charge is -2.33. The van der Waals surface area contributed by atoms with Gasteiger partial charge < -0.3 is 40.4 Å². The van der Waals surface area contributed by atoms with Crippen LogP contribution in [0.5, 0.6) is 0 Å². The number of hydrogen-bond donors (Lipinski definition) is 8. The smallest absolute Gasteiger partial charge is 0.394 e. The van der Waals surface area contributed by atoms with E-state index in [9.17, 15) is 34.3 Å². The number of aliphatic hydroxyl groups excluding tert-OH is 4. The number of carbonyl (C=O) groups is 3. The summed E-state index contributed by atoms with van der Waals surface area (Å²) in [5.41, 5.74) is 0. The number of urea groups is 2. The van der Waals surface area contributed by atoms with Crippen molar-refractivity contribution in [3.05, 3.63) is 0 Å². The van der Waals surface area contributed by atoms with Crippen molar-refractivity contribution in [3.8, 4) is 0 Å². The first-order valence-electron chi connectivity index (χ1n) is 9.50. The van der Waals surface area contributed by atoms with Gasteiger partial charge in [0.2, 0.25) is 0 Å². The summed E-state index contributed by atoms with van der Waals surface area (Å²) in [5, 5.41) is 42.8. The number of fused-ring (bicyclic) bond motifs is 1. The van der Waals surface area contributed by atoms with Crippen LogP contribution in [0.25, 0.3) is 0 Å². The van der Waals surface area contributed by atoms with E-state index in [4.69, 9.17) is 14.9 Å². The first-order chi connectivity index (χ1) is 14.5. The number of aliphatic hydroxyl groups is 4. The zero-order chi connectivity index (χ0) is 23.3. The summed E-state index contributed by atoms with van der Waals surface area (Å²) in [7, 11) is -4.56. The van der Waals surface area contributed by atoms with Crippen LogP contribution in [-0.4, -0.2) is 115 Å². The van der Waals surface area contributed by atoms with Crippen LogP contribution < -0.4 is 10.6 Å². The highest BCUT2D eigenvalue weighted by atomic mass is 31.2. The number of nitrogens with zero attached hydrogens (tertiary/aromatic N) is 2. The van der Waals surface area contributed by atoms with Crippen LogP contribution in [0.4, 0.5) is 9.59 Å². The lowest BCUT2D eigenvalue weighted by atomic mass is 10.1. The van der Waals surface area contributed by atoms with E-state index in [1.807, 2.05) is 0 Å². The Morgan fingerprint density at radius 3 is 2.32 bits per heavy atom. The molecule has 5 atom stereocenters. The molecule has 0 aliphatic carbocycles. The van der Waals surface area contributed by atoms with Gasteiger partial charge in [-0.2, -0.15) is 0 Å². The van der Waals surface area contributed by atoms with Gasteiger partial charge in [0.25, 0.3) is 5.91 Å². The molecule has 0 spiro atoms. The number of nitrogens with one attached hydrogen (secondary N) is 2. The largest absolute Gasteiger partial charge is 0.469 e. The fourth-order valence-electron chi connectivity index (χ4n) is 3.39. The molecule has 2 heterocycles. The Labute approximate surface area is 176 Å². The van der Waals surface area contributed by atoms with Gasteiger partial charge in [-0.05, 0) is 19.3 Å². The number of carbonyl (C=O) groups excluding carboxylic acids is 3. The van der Waals surface area contributed by atoms with Crippen LogP contribution in [0.2, 0.25) is 0 Å². The molecule has 15 nitrogen and oxygen atoms in total. The second-order valence-electron chi connectivity index (χ2n) is 7.17. The number of amides is 5. The fourth-order valence-corrected chi connectivity index (χ4v) is 3.75. The van der Waals surface area contributed by atoms with Crippen molar-refractivity contribution in [2.24, 2.45) is 0 Å². The van der Waals surface area contributed by atoms with Crippen molar-refractivity contribution in [2.45, 2.75) is 49.8 Å². The Bertz CT molecular complexity index is 719. The Morgan fingerprint density at radius 1 is 1.03 bits per heavy atom. The van der Waals surface area contributed by atoms with Gasteiger partial charge in [0.05, 0.1) is 19.8 Å². The van der Waals surface area contributed by atoms with E-state index in [2.05, 4.69) is 15.2 Å². The molecule has 5 amide bonds. The molecule has 2 fully saturated rings. The average Bonchev–Trinajstić information content (AvgIpc) is 2.94. The molecule has 2 aliphatic rings. The van der Waals surface area contributed by atoms with Crippen molar-refractivity contribution in [1.82, 2.24) is 20.4 Å². The molecule has 2 rings (SSSR count). The van der Waals surface area contributed by atoms with E-state index in [0.717, 1.165) is 4.90 Å². The maximum absolute atomic E-state index is 12.9. The highest BCUT2D eigenvalue weighted by Gasteiger charge is 2.53. The molecule has 2 saturated heterocycles. The molecule has 0 aromatic heterocycles. The van der Waals surface area contributed by atoms with Gasteiger partial charge in [-0.25, -0.2) is 14.2 Å². The Kier molecular flexibility index (Phi) is 8.73. The van der Waals surface area contributed by atoms with Crippen molar-refractivity contribution >= 4 is 25.8 Å². The summed E-state index contributed by atoms with van der Waals surface area (Å²) in [6.45, 7) is -1.48. The van der Waals surface area contributed by atoms with Gasteiger partial charge in [0.1, 0.15) is 24.5 Å². The summed E-state index contributed by atoms with van der Waals surface area (Å²) < 4.78 is 15.0. The van der Waals surface area contributed by atoms with E-state index in [0.29, 0.717) is 12.8 Å². The molecule has 2 unspecified atom stereocenters. The number of phosphoric ester groups is 1. The Morgan fingerprint density at radius 2 is 1.71 bits per heavy atom. The van der Waals surface area contributed by atoms with Gasteiger partial charge in [0, 0.05) is 6.54 Å². The van der Waals surface area contributed by atoms with Crippen molar-refractivity contribution in [2.75, 3.05) is 26.3 Å². The minimum atomic E-state index is -4.56. The monoisotopic (exact) mass is 470 g/mol. The topological polar surface area (TPSA) is 229 Å². The van der Waals surface area contributed by atoms with Crippen LogP contribution >= 0.6 is 7.82 Å². The van der Waals surface area contributed by atoms with Crippen LogP contribution in [0.15, 0.2) is 0 Å². The van der Waals surface area contributed by atoms with E-state index in [1.165, 1.54) is 4.90 Å². The van der Waals surface area contributed by atoms with Crippen molar-refractivity contribution < 1.29 is 53.7 Å². The SMILES string of the molecule is O=C1NC(=O)C2C(N1)N(C[C@H](O)[C@H](O)[C@H](O)CO)C(=O)N2CCCCCOP(=O)(O)O. The van der Waals surface area contributed by atoms with Gasteiger partial charge in [-0.15, -0.1) is 0 Å². The molecule has 8 N–H and O–H groups in total. The number of hydrogen-bond acceptors (Lipinski definition) is 9. The van der Waals surface area contributed by atoms with E-state index >= 15 is 0 Å². The standard InChI is InChI=1S/C15H27N4O11P/c20-7-9(22)11(23)8(21)6-19-12-10(13(24)17-14(25)16-12)18(15(19)26)4-2-1-3-5-30-31(27,28)29/h8-12,20-23H,1-7H2,(H2,27,28,29)(H2,16,17,24,25)/t8-,9+,10?,11-,12?/m0/s1. The highest BCUT2D eigenvalue weighted by Crippen LogP contribution is 2.35. The first kappa shape index (κ1) is 25.4. The molecule has 2 aliphatic heterocycles. The summed E-state index contributed by atoms with van der Waals surface area (Å²) in [5.74, 6) is -0.736. The average molecular weight is 470 g/mol. The molecule has 0 bridgehead atoms. The molecule has 16 heteroatoms. The quantitative estimate of drug-likeness (QED) is 0.104. The van der Waals surface area contributed by atoms with Crippen molar-refractivity contribution in [1.29, 1.82) is 0 Å². The molecule has 0 radical (unpaired) electrons. The number of β-amino-alcohol motifs (C(OH)–C–C–N with tert-alkyl or cyclic N) is 1. The first-order valence-corrected chi connectivity index (χ1v) is 11.0. The Balaban J connectivity index is 2.02. The van der Waals surface area contributed by atoms with Gasteiger partial charge in [-0.3, -0.25) is 19.5 Å². The van der Waals surface area contributed by atoms with Crippen LogP contribution in [0.1, 0.15) is 19.3 Å². The second-order valence-corrected chi connectivity index (χ2v) is 8.41. The molecule has 31 heavy (non-hydrogen) atoms. The highest BCUT2D eigenvalue weighted by molar-refractivity contribution is 7.46. The maximum atomic E-state index is 12.9. The molecule has 178 valence electrons. The number of imide groups is 1. The molecule has 0 aromatic carbocycles.